The zero-order valence-corrected chi connectivity index (χ0v) is 13.8. The van der Waals surface area contributed by atoms with Crippen LogP contribution in [0, 0.1) is 5.92 Å². The molecule has 0 aromatic heterocycles. The van der Waals surface area contributed by atoms with Crippen molar-refractivity contribution >= 4 is 11.6 Å². The van der Waals surface area contributed by atoms with Gasteiger partial charge in [0.25, 0.3) is 0 Å². The molecule has 2 N–H and O–H groups in total. The van der Waals surface area contributed by atoms with Crippen molar-refractivity contribution < 1.29 is 4.79 Å². The summed E-state index contributed by atoms with van der Waals surface area (Å²) in [6.45, 7) is 3.72. The average molecular weight is 308 g/mol. The van der Waals surface area contributed by atoms with Gasteiger partial charge in [0, 0.05) is 24.7 Å². The minimum Gasteiger partial charge on any atom is -0.326 e. The topological polar surface area (TPSA) is 41.1 Å². The summed E-state index contributed by atoms with van der Waals surface area (Å²) in [7, 11) is 0. The quantitative estimate of drug-likeness (QED) is 0.828. The maximum atomic E-state index is 11.2. The number of amides is 1. The number of hydrogen-bond donors (Lipinski definition) is 2. The van der Waals surface area contributed by atoms with Gasteiger partial charge in [-0.25, -0.2) is 0 Å². The maximum absolute atomic E-state index is 11.2. The molecule has 0 bridgehead atoms. The number of nitrogens with one attached hydrogen (secondary N) is 2. The largest absolute Gasteiger partial charge is 0.326 e. The minimum atomic E-state index is -0.0390. The Balaban J connectivity index is 1.74. The maximum Gasteiger partial charge on any atom is 0.221 e. The van der Waals surface area contributed by atoms with Crippen molar-refractivity contribution in [3.8, 4) is 0 Å². The Morgan fingerprint density at radius 2 is 1.74 bits per heavy atom. The highest BCUT2D eigenvalue weighted by Crippen LogP contribution is 2.42. The Kier molecular flexibility index (Phi) is 4.77. The molecule has 1 saturated carbocycles. The van der Waals surface area contributed by atoms with Crippen LogP contribution in [-0.2, 0) is 4.79 Å². The Bertz CT molecular complexity index is 664. The molecule has 3 rings (SSSR count). The zero-order chi connectivity index (χ0) is 16.2. The van der Waals surface area contributed by atoms with Crippen molar-refractivity contribution in [3.63, 3.8) is 0 Å². The summed E-state index contributed by atoms with van der Waals surface area (Å²) in [6.07, 6.45) is 2.59. The van der Waals surface area contributed by atoms with Gasteiger partial charge < -0.3 is 10.6 Å². The SMILES string of the molecule is CC(=O)Nc1cccc(C(C)NC(c2ccccc2)C2CC2)c1. The Labute approximate surface area is 138 Å². The van der Waals surface area contributed by atoms with Crippen molar-refractivity contribution in [1.29, 1.82) is 0 Å². The van der Waals surface area contributed by atoms with Crippen LogP contribution in [-0.4, -0.2) is 5.91 Å². The fraction of sp³-hybridized carbons (Fsp3) is 0.350. The molecule has 1 aliphatic rings. The molecule has 3 nitrogen and oxygen atoms in total. The van der Waals surface area contributed by atoms with Crippen LogP contribution < -0.4 is 10.6 Å². The third-order valence-electron chi connectivity index (χ3n) is 4.39. The fourth-order valence-electron chi connectivity index (χ4n) is 3.05. The van der Waals surface area contributed by atoms with E-state index in [1.165, 1.54) is 30.9 Å². The van der Waals surface area contributed by atoms with E-state index in [4.69, 9.17) is 0 Å². The third kappa shape index (κ3) is 4.20. The van der Waals surface area contributed by atoms with Crippen LogP contribution >= 0.6 is 0 Å². The van der Waals surface area contributed by atoms with Gasteiger partial charge in [-0.2, -0.15) is 0 Å². The van der Waals surface area contributed by atoms with Gasteiger partial charge in [0.05, 0.1) is 0 Å². The summed E-state index contributed by atoms with van der Waals surface area (Å²) in [5, 5.41) is 6.63. The lowest BCUT2D eigenvalue weighted by Gasteiger charge is -2.24. The second-order valence-electron chi connectivity index (χ2n) is 6.42. The molecule has 0 spiro atoms. The molecule has 0 radical (unpaired) electrons. The highest BCUT2D eigenvalue weighted by molar-refractivity contribution is 5.88. The van der Waals surface area contributed by atoms with Gasteiger partial charge in [-0.3, -0.25) is 4.79 Å². The second kappa shape index (κ2) is 6.97. The van der Waals surface area contributed by atoms with Gasteiger partial charge in [-0.05, 0) is 48.9 Å². The van der Waals surface area contributed by atoms with E-state index in [0.29, 0.717) is 6.04 Å². The molecule has 1 amide bonds. The first-order valence-electron chi connectivity index (χ1n) is 8.32. The van der Waals surface area contributed by atoms with Gasteiger partial charge in [0.2, 0.25) is 5.91 Å². The van der Waals surface area contributed by atoms with E-state index in [1.54, 1.807) is 0 Å². The van der Waals surface area contributed by atoms with Gasteiger partial charge in [-0.1, -0.05) is 42.5 Å². The van der Waals surface area contributed by atoms with Crippen molar-refractivity contribution in [3.05, 3.63) is 65.7 Å². The Morgan fingerprint density at radius 3 is 2.39 bits per heavy atom. The van der Waals surface area contributed by atoms with E-state index >= 15 is 0 Å². The summed E-state index contributed by atoms with van der Waals surface area (Å²) in [5.41, 5.74) is 3.41. The van der Waals surface area contributed by atoms with E-state index in [0.717, 1.165) is 11.6 Å². The smallest absolute Gasteiger partial charge is 0.221 e. The first kappa shape index (κ1) is 15.8. The van der Waals surface area contributed by atoms with Crippen LogP contribution in [0.15, 0.2) is 54.6 Å². The fourth-order valence-corrected chi connectivity index (χ4v) is 3.05. The van der Waals surface area contributed by atoms with Crippen LogP contribution in [0.4, 0.5) is 5.69 Å². The number of anilines is 1. The van der Waals surface area contributed by atoms with Crippen molar-refractivity contribution in [2.24, 2.45) is 5.92 Å². The lowest BCUT2D eigenvalue weighted by atomic mass is 9.99. The van der Waals surface area contributed by atoms with Crippen LogP contribution in [0.1, 0.15) is 49.9 Å². The van der Waals surface area contributed by atoms with Gasteiger partial charge in [-0.15, -0.1) is 0 Å². The predicted octanol–water partition coefficient (Wildman–Crippen LogP) is 4.45. The van der Waals surface area contributed by atoms with Gasteiger partial charge >= 0.3 is 0 Å². The van der Waals surface area contributed by atoms with Gasteiger partial charge in [0.15, 0.2) is 0 Å². The Morgan fingerprint density at radius 1 is 1.04 bits per heavy atom. The first-order chi connectivity index (χ1) is 11.1. The summed E-state index contributed by atoms with van der Waals surface area (Å²) in [6, 6.07) is 19.4. The Hall–Kier alpha value is -2.13. The summed E-state index contributed by atoms with van der Waals surface area (Å²) >= 11 is 0. The van der Waals surface area contributed by atoms with E-state index in [2.05, 4.69) is 54.0 Å². The normalized spacial score (nSPS) is 16.6. The van der Waals surface area contributed by atoms with Crippen LogP contribution in [0.3, 0.4) is 0 Å². The predicted molar refractivity (Wildman–Crippen MR) is 94.2 cm³/mol. The average Bonchev–Trinajstić information content (AvgIpc) is 3.37. The molecule has 2 atom stereocenters. The van der Waals surface area contributed by atoms with Crippen LogP contribution in [0.2, 0.25) is 0 Å². The summed E-state index contributed by atoms with van der Waals surface area (Å²) < 4.78 is 0. The van der Waals surface area contributed by atoms with Gasteiger partial charge in [0.1, 0.15) is 0 Å². The molecule has 23 heavy (non-hydrogen) atoms. The number of benzene rings is 2. The second-order valence-corrected chi connectivity index (χ2v) is 6.42. The molecule has 0 saturated heterocycles. The third-order valence-corrected chi connectivity index (χ3v) is 4.39. The number of rotatable bonds is 6. The van der Waals surface area contributed by atoms with E-state index in [1.807, 2.05) is 18.2 Å². The minimum absolute atomic E-state index is 0.0390. The highest BCUT2D eigenvalue weighted by Gasteiger charge is 2.33. The van der Waals surface area contributed by atoms with E-state index < -0.39 is 0 Å². The standard InChI is InChI=1S/C20H24N2O/c1-14(18-9-6-10-19(13-18)22-15(2)23)21-20(17-11-12-17)16-7-4-3-5-8-16/h3-10,13-14,17,20-21H,11-12H2,1-2H3,(H,22,23). The molecule has 2 unspecified atom stereocenters. The van der Waals surface area contributed by atoms with Crippen molar-refractivity contribution in [2.45, 2.75) is 38.8 Å². The molecule has 2 aromatic rings. The lowest BCUT2D eigenvalue weighted by Crippen LogP contribution is -2.26. The summed E-state index contributed by atoms with van der Waals surface area (Å²) in [5.74, 6) is 0.696. The molecule has 0 aliphatic heterocycles. The van der Waals surface area contributed by atoms with Crippen LogP contribution in [0.25, 0.3) is 0 Å². The molecule has 120 valence electrons. The number of carbonyl (C=O) groups is 1. The lowest BCUT2D eigenvalue weighted by molar-refractivity contribution is -0.114. The summed E-state index contributed by atoms with van der Waals surface area (Å²) in [4.78, 5) is 11.2. The zero-order valence-electron chi connectivity index (χ0n) is 13.8. The van der Waals surface area contributed by atoms with Crippen molar-refractivity contribution in [2.75, 3.05) is 5.32 Å². The molecule has 1 fully saturated rings. The molecule has 3 heteroatoms. The molecule has 2 aromatic carbocycles. The van der Waals surface area contributed by atoms with Crippen molar-refractivity contribution in [1.82, 2.24) is 5.32 Å². The van der Waals surface area contributed by atoms with E-state index in [-0.39, 0.29) is 11.9 Å². The monoisotopic (exact) mass is 308 g/mol. The molecular formula is C20H24N2O. The molecule has 1 aliphatic carbocycles. The number of carbonyl (C=O) groups excluding carboxylic acids is 1. The number of hydrogen-bond acceptors (Lipinski definition) is 2. The molecule has 0 heterocycles. The van der Waals surface area contributed by atoms with E-state index in [9.17, 15) is 4.79 Å². The first-order valence-corrected chi connectivity index (χ1v) is 8.32. The van der Waals surface area contributed by atoms with Crippen LogP contribution in [0.5, 0.6) is 0 Å². The highest BCUT2D eigenvalue weighted by atomic mass is 16.1. The molecular weight excluding hydrogens is 284 g/mol.